The summed E-state index contributed by atoms with van der Waals surface area (Å²) in [6.45, 7) is 3.39. The summed E-state index contributed by atoms with van der Waals surface area (Å²) in [7, 11) is 0. The zero-order chi connectivity index (χ0) is 19.3. The van der Waals surface area contributed by atoms with E-state index in [1.165, 1.54) is 0 Å². The molecule has 26 heavy (non-hydrogen) atoms. The van der Waals surface area contributed by atoms with Crippen LogP contribution in [-0.4, -0.2) is 34.3 Å². The fourth-order valence-corrected chi connectivity index (χ4v) is 3.09. The number of ether oxygens (including phenoxy) is 1. The van der Waals surface area contributed by atoms with Crippen LogP contribution >= 0.6 is 11.3 Å². The molecule has 1 aromatic carbocycles. The van der Waals surface area contributed by atoms with Crippen LogP contribution in [0.2, 0.25) is 0 Å². The van der Waals surface area contributed by atoms with Crippen LogP contribution in [0.3, 0.4) is 0 Å². The molecule has 0 bridgehead atoms. The summed E-state index contributed by atoms with van der Waals surface area (Å²) in [5.41, 5.74) is 0.129. The molecule has 0 atom stereocenters. The highest BCUT2D eigenvalue weighted by Gasteiger charge is 2.21. The summed E-state index contributed by atoms with van der Waals surface area (Å²) in [4.78, 5) is 23.2. The molecule has 1 heterocycles. The topological polar surface area (TPSA) is 120 Å². The van der Waals surface area contributed by atoms with Gasteiger partial charge in [-0.2, -0.15) is 5.26 Å². The summed E-state index contributed by atoms with van der Waals surface area (Å²) in [5.74, 6) is -1.18. The number of nitrogens with zero attached hydrogens (tertiary/aromatic N) is 1. The highest BCUT2D eigenvalue weighted by Crippen LogP contribution is 2.36. The average Bonchev–Trinajstić information content (AvgIpc) is 2.96. The van der Waals surface area contributed by atoms with Gasteiger partial charge in [-0.25, -0.2) is 4.79 Å². The summed E-state index contributed by atoms with van der Waals surface area (Å²) < 4.78 is 5.47. The maximum Gasteiger partial charge on any atom is 0.339 e. The Hall–Kier alpha value is -2.89. The normalized spacial score (nSPS) is 10.8. The smallest absolute Gasteiger partial charge is 0.339 e. The molecular formula is C18H18N2O5S. The van der Waals surface area contributed by atoms with Crippen LogP contribution < -0.4 is 10.1 Å². The molecule has 0 saturated heterocycles. The molecule has 1 amide bonds. The number of aromatic carboxylic acids is 1. The first kappa shape index (κ1) is 19.4. The van der Waals surface area contributed by atoms with Crippen molar-refractivity contribution >= 4 is 28.2 Å². The third-order valence-corrected chi connectivity index (χ3v) is 4.15. The lowest BCUT2D eigenvalue weighted by Gasteiger charge is -2.17. The lowest BCUT2D eigenvalue weighted by Crippen LogP contribution is -2.27. The van der Waals surface area contributed by atoms with E-state index in [0.717, 1.165) is 11.3 Å². The van der Waals surface area contributed by atoms with Crippen molar-refractivity contribution < 1.29 is 24.5 Å². The van der Waals surface area contributed by atoms with E-state index in [-0.39, 0.29) is 23.6 Å². The number of benzene rings is 1. The molecular weight excluding hydrogens is 356 g/mol. The van der Waals surface area contributed by atoms with Crippen molar-refractivity contribution in [2.75, 3.05) is 11.9 Å². The second-order valence-electron chi connectivity index (χ2n) is 6.17. The molecule has 2 aromatic rings. The Labute approximate surface area is 154 Å². The molecule has 3 N–H and O–H groups in total. The number of nitrogens with one attached hydrogen (secondary N) is 1. The predicted octanol–water partition coefficient (Wildman–Crippen LogP) is 3.12. The first-order valence-corrected chi connectivity index (χ1v) is 8.56. The highest BCUT2D eigenvalue weighted by atomic mass is 32.1. The summed E-state index contributed by atoms with van der Waals surface area (Å²) >= 11 is 1.08. The average molecular weight is 374 g/mol. The molecule has 0 aliphatic heterocycles. The number of rotatable bonds is 7. The van der Waals surface area contributed by atoms with Crippen LogP contribution in [-0.2, 0) is 4.79 Å². The van der Waals surface area contributed by atoms with Crippen molar-refractivity contribution in [3.05, 3.63) is 35.2 Å². The van der Waals surface area contributed by atoms with Gasteiger partial charge in [-0.15, -0.1) is 11.3 Å². The number of carbonyl (C=O) groups is 2. The van der Waals surface area contributed by atoms with Crippen LogP contribution in [0.5, 0.6) is 5.75 Å². The zero-order valence-corrected chi connectivity index (χ0v) is 15.1. The molecule has 0 saturated carbocycles. The monoisotopic (exact) mass is 374 g/mol. The summed E-state index contributed by atoms with van der Waals surface area (Å²) in [5, 5.41) is 32.0. The molecule has 0 fully saturated rings. The molecule has 0 aliphatic carbocycles. The van der Waals surface area contributed by atoms with Crippen LogP contribution in [0, 0.1) is 11.3 Å². The molecule has 1 aromatic heterocycles. The number of thiophene rings is 1. The maximum atomic E-state index is 11.6. The number of nitriles is 1. The van der Waals surface area contributed by atoms with E-state index in [9.17, 15) is 19.8 Å². The van der Waals surface area contributed by atoms with Gasteiger partial charge in [0.1, 0.15) is 29.3 Å². The van der Waals surface area contributed by atoms with Crippen molar-refractivity contribution in [2.24, 2.45) is 0 Å². The van der Waals surface area contributed by atoms with Gasteiger partial charge in [0.25, 0.3) is 0 Å². The van der Waals surface area contributed by atoms with Gasteiger partial charge >= 0.3 is 5.97 Å². The number of carboxylic acid groups (broad SMARTS) is 1. The molecule has 0 radical (unpaired) electrons. The first-order chi connectivity index (χ1) is 12.2. The Balaban J connectivity index is 2.25. The van der Waals surface area contributed by atoms with Crippen molar-refractivity contribution in [3.63, 3.8) is 0 Å². The second kappa shape index (κ2) is 7.99. The number of hydrogen-bond acceptors (Lipinski definition) is 6. The molecule has 136 valence electrons. The van der Waals surface area contributed by atoms with Crippen LogP contribution in [0.15, 0.2) is 29.6 Å². The Morgan fingerprint density at radius 1 is 1.31 bits per heavy atom. The standard InChI is InChI=1S/C18H18N2O5S/c1-18(2,24)10-25-12-5-3-11(4-6-12)13-9-26-16(15(13)17(22)23)20-14(21)7-8-19/h3-6,9,24H,7,10H2,1-2H3,(H,20,21)(H,22,23). The minimum absolute atomic E-state index is 0.0218. The minimum Gasteiger partial charge on any atom is -0.491 e. The fourth-order valence-electron chi connectivity index (χ4n) is 2.11. The van der Waals surface area contributed by atoms with Gasteiger partial charge < -0.3 is 20.3 Å². The van der Waals surface area contributed by atoms with Gasteiger partial charge in [0.05, 0.1) is 11.7 Å². The quantitative estimate of drug-likeness (QED) is 0.685. The van der Waals surface area contributed by atoms with Gasteiger partial charge in [0.15, 0.2) is 0 Å². The van der Waals surface area contributed by atoms with E-state index in [4.69, 9.17) is 10.00 Å². The van der Waals surface area contributed by atoms with Gasteiger partial charge in [-0.1, -0.05) is 12.1 Å². The van der Waals surface area contributed by atoms with Crippen molar-refractivity contribution in [1.82, 2.24) is 0 Å². The molecule has 8 heteroatoms. The first-order valence-electron chi connectivity index (χ1n) is 7.68. The molecule has 0 unspecified atom stereocenters. The number of carbonyl (C=O) groups excluding carboxylic acids is 1. The van der Waals surface area contributed by atoms with Crippen LogP contribution in [0.1, 0.15) is 30.6 Å². The summed E-state index contributed by atoms with van der Waals surface area (Å²) in [6, 6.07) is 8.48. The number of aliphatic hydroxyl groups is 1. The maximum absolute atomic E-state index is 11.6. The minimum atomic E-state index is -1.17. The van der Waals surface area contributed by atoms with Gasteiger partial charge in [-0.05, 0) is 31.5 Å². The lowest BCUT2D eigenvalue weighted by atomic mass is 10.0. The van der Waals surface area contributed by atoms with Crippen molar-refractivity contribution in [1.29, 1.82) is 5.26 Å². The van der Waals surface area contributed by atoms with Crippen LogP contribution in [0.25, 0.3) is 11.1 Å². The Morgan fingerprint density at radius 2 is 1.96 bits per heavy atom. The number of carboxylic acids is 1. The number of amides is 1. The van der Waals surface area contributed by atoms with E-state index >= 15 is 0 Å². The third kappa shape index (κ3) is 5.05. The van der Waals surface area contributed by atoms with E-state index in [1.807, 2.05) is 0 Å². The van der Waals surface area contributed by atoms with E-state index in [1.54, 1.807) is 49.6 Å². The number of anilines is 1. The SMILES string of the molecule is CC(C)(O)COc1ccc(-c2csc(NC(=O)CC#N)c2C(=O)O)cc1. The molecule has 2 rings (SSSR count). The Bertz CT molecular complexity index is 844. The van der Waals surface area contributed by atoms with E-state index in [0.29, 0.717) is 16.9 Å². The van der Waals surface area contributed by atoms with Gasteiger partial charge in [-0.3, -0.25) is 4.79 Å². The van der Waals surface area contributed by atoms with Gasteiger partial charge in [0.2, 0.25) is 5.91 Å². The number of hydrogen-bond donors (Lipinski definition) is 3. The fraction of sp³-hybridized carbons (Fsp3) is 0.278. The van der Waals surface area contributed by atoms with E-state index < -0.39 is 17.5 Å². The second-order valence-corrected chi connectivity index (χ2v) is 7.05. The Kier molecular flexibility index (Phi) is 5.97. The largest absolute Gasteiger partial charge is 0.491 e. The molecule has 0 aliphatic rings. The zero-order valence-electron chi connectivity index (χ0n) is 14.3. The van der Waals surface area contributed by atoms with E-state index in [2.05, 4.69) is 5.32 Å². The lowest BCUT2D eigenvalue weighted by molar-refractivity contribution is -0.115. The predicted molar refractivity (Wildman–Crippen MR) is 97.4 cm³/mol. The van der Waals surface area contributed by atoms with Crippen molar-refractivity contribution in [3.8, 4) is 22.9 Å². The van der Waals surface area contributed by atoms with Gasteiger partial charge in [0, 0.05) is 10.9 Å². The van der Waals surface area contributed by atoms with Crippen LogP contribution in [0.4, 0.5) is 5.00 Å². The molecule has 0 spiro atoms. The summed E-state index contributed by atoms with van der Waals surface area (Å²) in [6.07, 6.45) is -0.348. The third-order valence-electron chi connectivity index (χ3n) is 3.25. The Morgan fingerprint density at radius 3 is 2.50 bits per heavy atom. The van der Waals surface area contributed by atoms with Crippen molar-refractivity contribution in [2.45, 2.75) is 25.9 Å². The molecule has 7 nitrogen and oxygen atoms in total. The highest BCUT2D eigenvalue weighted by molar-refractivity contribution is 7.15.